The number of cyclic esters (lactones) is 1. The van der Waals surface area contributed by atoms with Crippen molar-refractivity contribution in [3.63, 3.8) is 0 Å². The van der Waals surface area contributed by atoms with Crippen LogP contribution in [0.2, 0.25) is 0 Å². The molecular formula is C45H72N2O14. The van der Waals surface area contributed by atoms with Gasteiger partial charge in [0.1, 0.15) is 18.2 Å². The summed E-state index contributed by atoms with van der Waals surface area (Å²) in [6.07, 6.45) is 3.44. The second-order valence-electron chi connectivity index (χ2n) is 17.9. The summed E-state index contributed by atoms with van der Waals surface area (Å²) < 4.78 is 29.9. The maximum absolute atomic E-state index is 14.5. The number of hydrogen-bond acceptors (Lipinski definition) is 14. The summed E-state index contributed by atoms with van der Waals surface area (Å²) in [5.74, 6) is -8.74. The number of ether oxygens (including phenoxy) is 5. The van der Waals surface area contributed by atoms with E-state index in [1.54, 1.807) is 21.0 Å². The molecule has 3 heterocycles. The van der Waals surface area contributed by atoms with Gasteiger partial charge in [-0.2, -0.15) is 0 Å². The number of nitrogens with zero attached hydrogens (tertiary/aromatic N) is 2. The van der Waals surface area contributed by atoms with E-state index in [9.17, 15) is 39.6 Å². The number of aliphatic hydroxyl groups is 3. The maximum Gasteiger partial charge on any atom is 0.344 e. The highest BCUT2D eigenvalue weighted by Gasteiger charge is 2.56. The summed E-state index contributed by atoms with van der Waals surface area (Å²) in [6, 6.07) is -1.17. The highest BCUT2D eigenvalue weighted by molar-refractivity contribution is 6.39. The van der Waals surface area contributed by atoms with Gasteiger partial charge in [-0.05, 0) is 95.5 Å². The summed E-state index contributed by atoms with van der Waals surface area (Å²) in [5, 5.41) is 48.2. The number of allylic oxidation sites excluding steroid dienone is 3. The van der Waals surface area contributed by atoms with Gasteiger partial charge >= 0.3 is 11.9 Å². The van der Waals surface area contributed by atoms with Crippen molar-refractivity contribution in [2.24, 2.45) is 34.7 Å². The minimum absolute atomic E-state index is 0.00709. The Morgan fingerprint density at radius 1 is 0.951 bits per heavy atom. The molecule has 16 nitrogen and oxygen atoms in total. The van der Waals surface area contributed by atoms with Crippen LogP contribution < -0.4 is 0 Å². The molecule has 0 radical (unpaired) electrons. The predicted molar refractivity (Wildman–Crippen MR) is 224 cm³/mol. The number of Topliss-reactive ketones (excluding diaryl/α,β-unsaturated/α-hetero) is 1. The van der Waals surface area contributed by atoms with Gasteiger partial charge in [0.05, 0.1) is 36.2 Å². The number of aliphatic carboxylic acids is 1. The third-order valence-electron chi connectivity index (χ3n) is 13.3. The highest BCUT2D eigenvalue weighted by Crippen LogP contribution is 2.39. The Morgan fingerprint density at radius 3 is 2.26 bits per heavy atom. The molecule has 3 aliphatic heterocycles. The van der Waals surface area contributed by atoms with E-state index in [0.29, 0.717) is 62.7 Å². The van der Waals surface area contributed by atoms with Crippen molar-refractivity contribution >= 4 is 29.3 Å². The molecule has 14 atom stereocenters. The van der Waals surface area contributed by atoms with Gasteiger partial charge in [-0.3, -0.25) is 9.59 Å². The van der Waals surface area contributed by atoms with Gasteiger partial charge in [0, 0.05) is 52.0 Å². The van der Waals surface area contributed by atoms with Crippen molar-refractivity contribution in [1.29, 1.82) is 0 Å². The molecule has 14 unspecified atom stereocenters. The van der Waals surface area contributed by atoms with Gasteiger partial charge in [-0.25, -0.2) is 9.59 Å². The van der Waals surface area contributed by atoms with Gasteiger partial charge in [-0.15, -0.1) is 0 Å². The van der Waals surface area contributed by atoms with Gasteiger partial charge < -0.3 is 53.8 Å². The average molecular weight is 865 g/mol. The van der Waals surface area contributed by atoms with Crippen LogP contribution in [-0.2, 0) is 47.7 Å². The largest absolute Gasteiger partial charge is 0.479 e. The number of carboxylic acid groups (broad SMARTS) is 1. The van der Waals surface area contributed by atoms with Crippen LogP contribution >= 0.6 is 0 Å². The van der Waals surface area contributed by atoms with Crippen LogP contribution in [0.1, 0.15) is 112 Å². The number of carboxylic acids is 1. The van der Waals surface area contributed by atoms with E-state index in [-0.39, 0.29) is 49.7 Å². The normalized spacial score (nSPS) is 39.7. The fourth-order valence-corrected chi connectivity index (χ4v) is 9.69. The van der Waals surface area contributed by atoms with Crippen LogP contribution in [-0.4, -0.2) is 144 Å². The Labute approximate surface area is 361 Å². The number of piperidine rings is 1. The third kappa shape index (κ3) is 12.7. The van der Waals surface area contributed by atoms with E-state index >= 15 is 0 Å². The van der Waals surface area contributed by atoms with Crippen molar-refractivity contribution in [3.05, 3.63) is 23.3 Å². The van der Waals surface area contributed by atoms with E-state index < -0.39 is 90.5 Å². The van der Waals surface area contributed by atoms with Crippen molar-refractivity contribution in [3.8, 4) is 0 Å². The summed E-state index contributed by atoms with van der Waals surface area (Å²) in [6.45, 7) is 10.5. The van der Waals surface area contributed by atoms with E-state index in [0.717, 1.165) is 5.57 Å². The number of rotatable bonds is 9. The standard InChI is InChI=1S/C45H72N2O14/c1-10-31-18-25(2)17-26(3)19-37(57-8)41-38(58-9)21-28(5)45(55,61-41)42(52)43(53)47-16-12-11-13-33(47)44(54)60-40(27(4)20-30-14-15-34(48)36(22-30)56-7)29(6)35(49)23-32(31)46-59-24-39(50)51/h18,20,26,28-31,33-38,40-41,48-49,55H,10-17,19,21-24H2,1-9H3,(H,50,51)/b25-18+,27-20+,46-32+. The SMILES string of the molecule is CCC1/C=C(\C)CC(C)CC(OC)C2OC(O)(C(=O)C(=O)N3CCCCC3C(=O)OC(/C(C)=C/C3CCC(O)C(OC)C3)C(C)C(O)C/C1=N\OCC(=O)O)C(C)CC2OC. The number of amides is 1. The Balaban J connectivity index is 1.83. The Bertz CT molecular complexity index is 1600. The van der Waals surface area contributed by atoms with E-state index in [2.05, 4.69) is 5.16 Å². The molecule has 0 aromatic carbocycles. The number of hydrogen-bond donors (Lipinski definition) is 4. The number of carbonyl (C=O) groups is 4. The molecule has 0 aromatic rings. The van der Waals surface area contributed by atoms with Crippen LogP contribution in [0.15, 0.2) is 28.5 Å². The average Bonchev–Trinajstić information content (AvgIpc) is 3.23. The molecule has 0 aromatic heterocycles. The van der Waals surface area contributed by atoms with Gasteiger partial charge in [0.25, 0.3) is 11.7 Å². The second kappa shape index (κ2) is 22.9. The molecule has 4 N–H and O–H groups in total. The second-order valence-corrected chi connectivity index (χ2v) is 17.9. The molecule has 3 fully saturated rings. The molecule has 0 spiro atoms. The summed E-state index contributed by atoms with van der Waals surface area (Å²) >= 11 is 0. The molecule has 1 aliphatic carbocycles. The lowest BCUT2D eigenvalue weighted by molar-refractivity contribution is -0.302. The molecule has 346 valence electrons. The highest BCUT2D eigenvalue weighted by atomic mass is 16.7. The zero-order valence-electron chi connectivity index (χ0n) is 37.6. The van der Waals surface area contributed by atoms with E-state index in [1.807, 2.05) is 39.8 Å². The van der Waals surface area contributed by atoms with Crippen molar-refractivity contribution in [2.45, 2.75) is 167 Å². The number of ketones is 1. The van der Waals surface area contributed by atoms with E-state index in [4.69, 9.17) is 28.5 Å². The number of fused-ring (bicyclic) bond motifs is 3. The fraction of sp³-hybridized carbons (Fsp3) is 0.800. The lowest BCUT2D eigenvalue weighted by Crippen LogP contribution is -2.64. The molecule has 1 saturated carbocycles. The monoisotopic (exact) mass is 864 g/mol. The summed E-state index contributed by atoms with van der Waals surface area (Å²) in [7, 11) is 4.59. The number of carbonyl (C=O) groups excluding carboxylic acids is 3. The lowest BCUT2D eigenvalue weighted by atomic mass is 9.81. The Morgan fingerprint density at radius 2 is 1.62 bits per heavy atom. The van der Waals surface area contributed by atoms with Gasteiger partial charge in [0.2, 0.25) is 12.4 Å². The topological polar surface area (TPSA) is 220 Å². The number of methoxy groups -OCH3 is 3. The van der Waals surface area contributed by atoms with Crippen LogP contribution in [0.4, 0.5) is 0 Å². The zero-order valence-corrected chi connectivity index (χ0v) is 37.6. The molecule has 16 heteroatoms. The van der Waals surface area contributed by atoms with Crippen LogP contribution in [0.5, 0.6) is 0 Å². The molecular weight excluding hydrogens is 792 g/mol. The quantitative estimate of drug-likeness (QED) is 0.110. The first-order valence-corrected chi connectivity index (χ1v) is 22.0. The van der Waals surface area contributed by atoms with Crippen molar-refractivity contribution < 1.29 is 68.1 Å². The zero-order chi connectivity index (χ0) is 45.2. The number of aliphatic hydroxyl groups excluding tert-OH is 2. The van der Waals surface area contributed by atoms with Gasteiger partial charge in [-0.1, -0.05) is 50.6 Å². The molecule has 1 amide bonds. The molecule has 4 aliphatic rings. The summed E-state index contributed by atoms with van der Waals surface area (Å²) in [5.41, 5.74) is 2.05. The first kappa shape index (κ1) is 50.4. The third-order valence-corrected chi connectivity index (χ3v) is 13.3. The maximum atomic E-state index is 14.5. The molecule has 2 bridgehead atoms. The molecule has 4 rings (SSSR count). The van der Waals surface area contributed by atoms with Gasteiger partial charge in [0.15, 0.2) is 0 Å². The van der Waals surface area contributed by atoms with Crippen LogP contribution in [0.25, 0.3) is 0 Å². The minimum atomic E-state index is -2.53. The number of oxime groups is 1. The fourth-order valence-electron chi connectivity index (χ4n) is 9.69. The Hall–Kier alpha value is -3.25. The minimum Gasteiger partial charge on any atom is -0.479 e. The van der Waals surface area contributed by atoms with Crippen molar-refractivity contribution in [2.75, 3.05) is 34.5 Å². The smallest absolute Gasteiger partial charge is 0.344 e. The predicted octanol–water partition coefficient (Wildman–Crippen LogP) is 4.36. The first-order chi connectivity index (χ1) is 28.9. The van der Waals surface area contributed by atoms with Crippen LogP contribution in [0.3, 0.4) is 0 Å². The van der Waals surface area contributed by atoms with E-state index in [1.165, 1.54) is 19.1 Å². The molecule has 61 heavy (non-hydrogen) atoms. The first-order valence-electron chi connectivity index (χ1n) is 22.0. The van der Waals surface area contributed by atoms with Crippen molar-refractivity contribution in [1.82, 2.24) is 4.90 Å². The number of esters is 1. The lowest BCUT2D eigenvalue weighted by Gasteiger charge is -2.47. The Kier molecular flexibility index (Phi) is 18.9. The van der Waals surface area contributed by atoms with Crippen LogP contribution in [0, 0.1) is 29.6 Å². The summed E-state index contributed by atoms with van der Waals surface area (Å²) in [4.78, 5) is 60.9. The molecule has 2 saturated heterocycles.